The number of nitrogens with two attached hydrogens (primary N) is 1. The molecule has 1 atom stereocenters. The Labute approximate surface area is 120 Å². The molecule has 2 N–H and O–H groups in total. The molecule has 0 aliphatic carbocycles. The lowest BCUT2D eigenvalue weighted by atomic mass is 10.2. The van der Waals surface area contributed by atoms with Crippen LogP contribution in [0, 0.1) is 0 Å². The summed E-state index contributed by atoms with van der Waals surface area (Å²) in [6, 6.07) is 8.14. The van der Waals surface area contributed by atoms with Gasteiger partial charge in [-0.15, -0.1) is 0 Å². The third-order valence-electron chi connectivity index (χ3n) is 3.35. The monoisotopic (exact) mass is 273 g/mol. The molecule has 2 rings (SSSR count). The lowest BCUT2D eigenvalue weighted by molar-refractivity contribution is 0.372. The van der Waals surface area contributed by atoms with E-state index in [-0.39, 0.29) is 0 Å². The highest BCUT2D eigenvalue weighted by molar-refractivity contribution is 5.79. The number of nitrogen functional groups attached to an aromatic ring is 1. The van der Waals surface area contributed by atoms with Crippen LogP contribution in [0.15, 0.2) is 24.3 Å². The molecule has 5 nitrogen and oxygen atoms in total. The number of benzene rings is 1. The van der Waals surface area contributed by atoms with Crippen LogP contribution in [0.4, 0.5) is 11.6 Å². The predicted octanol–water partition coefficient (Wildman–Crippen LogP) is 1.99. The van der Waals surface area contributed by atoms with Crippen LogP contribution in [-0.4, -0.2) is 48.1 Å². The smallest absolute Gasteiger partial charge is 0.172 e. The molecule has 1 aromatic carbocycles. The van der Waals surface area contributed by atoms with Gasteiger partial charge in [0.25, 0.3) is 0 Å². The highest BCUT2D eigenvalue weighted by Crippen LogP contribution is 2.24. The molecule has 0 amide bonds. The molecule has 0 fully saturated rings. The number of nitrogens with zero attached hydrogens (tertiary/aromatic N) is 4. The van der Waals surface area contributed by atoms with Crippen LogP contribution in [0.5, 0.6) is 0 Å². The van der Waals surface area contributed by atoms with Gasteiger partial charge < -0.3 is 15.5 Å². The maximum absolute atomic E-state index is 6.10. The topological polar surface area (TPSA) is 58.3 Å². The molecule has 0 radical (unpaired) electrons. The van der Waals surface area contributed by atoms with Gasteiger partial charge in [-0.2, -0.15) is 0 Å². The van der Waals surface area contributed by atoms with Crippen LogP contribution in [0.1, 0.15) is 13.8 Å². The van der Waals surface area contributed by atoms with Crippen LogP contribution in [0.3, 0.4) is 0 Å². The van der Waals surface area contributed by atoms with Crippen molar-refractivity contribution in [2.24, 2.45) is 0 Å². The van der Waals surface area contributed by atoms with E-state index in [1.165, 1.54) is 0 Å². The van der Waals surface area contributed by atoms with Crippen molar-refractivity contribution < 1.29 is 0 Å². The van der Waals surface area contributed by atoms with Crippen molar-refractivity contribution in [3.63, 3.8) is 0 Å². The number of anilines is 2. The van der Waals surface area contributed by atoms with Crippen molar-refractivity contribution >= 4 is 22.7 Å². The average molecular weight is 273 g/mol. The fourth-order valence-electron chi connectivity index (χ4n) is 2.51. The molecule has 0 aliphatic rings. The van der Waals surface area contributed by atoms with Crippen molar-refractivity contribution in [1.82, 2.24) is 14.9 Å². The van der Waals surface area contributed by atoms with Crippen molar-refractivity contribution in [2.45, 2.75) is 19.9 Å². The Morgan fingerprint density at radius 2 is 1.75 bits per heavy atom. The maximum atomic E-state index is 6.10. The molecule has 108 valence electrons. The fourth-order valence-corrected chi connectivity index (χ4v) is 2.51. The molecule has 1 aromatic heterocycles. The van der Waals surface area contributed by atoms with E-state index in [1.807, 2.05) is 24.3 Å². The summed E-state index contributed by atoms with van der Waals surface area (Å²) < 4.78 is 0. The van der Waals surface area contributed by atoms with Crippen molar-refractivity contribution in [2.75, 3.05) is 37.8 Å². The lowest BCUT2D eigenvalue weighted by Crippen LogP contribution is -2.41. The first-order valence-electron chi connectivity index (χ1n) is 6.96. The number of hydrogen-bond acceptors (Lipinski definition) is 5. The van der Waals surface area contributed by atoms with E-state index in [9.17, 15) is 0 Å². The molecule has 0 bridgehead atoms. The molecule has 0 spiro atoms. The lowest BCUT2D eigenvalue weighted by Gasteiger charge is -2.31. The van der Waals surface area contributed by atoms with Gasteiger partial charge in [0, 0.05) is 19.1 Å². The zero-order valence-corrected chi connectivity index (χ0v) is 12.7. The summed E-state index contributed by atoms with van der Waals surface area (Å²) in [6.45, 7) is 6.09. The molecule has 0 saturated carbocycles. The molecular weight excluding hydrogens is 250 g/mol. The minimum atomic E-state index is 0.327. The molecule has 1 unspecified atom stereocenters. The first-order valence-corrected chi connectivity index (χ1v) is 6.96. The SMILES string of the molecule is CCN(c1nc2ccccc2nc1N)C(C)CN(C)C. The number of aromatic nitrogens is 2. The van der Waals surface area contributed by atoms with Gasteiger partial charge in [-0.1, -0.05) is 12.1 Å². The number of para-hydroxylation sites is 2. The van der Waals surface area contributed by atoms with Gasteiger partial charge in [0.1, 0.15) is 0 Å². The second kappa shape index (κ2) is 6.05. The molecule has 1 heterocycles. The average Bonchev–Trinajstić information content (AvgIpc) is 2.39. The van der Waals surface area contributed by atoms with Gasteiger partial charge in [0.2, 0.25) is 0 Å². The van der Waals surface area contributed by atoms with Gasteiger partial charge in [0.15, 0.2) is 11.6 Å². The predicted molar refractivity (Wildman–Crippen MR) is 85.0 cm³/mol. The van der Waals surface area contributed by atoms with Crippen LogP contribution < -0.4 is 10.6 Å². The molecule has 0 aliphatic heterocycles. The highest BCUT2D eigenvalue weighted by Gasteiger charge is 2.18. The van der Waals surface area contributed by atoms with Crippen molar-refractivity contribution in [3.8, 4) is 0 Å². The van der Waals surface area contributed by atoms with Gasteiger partial charge >= 0.3 is 0 Å². The summed E-state index contributed by atoms with van der Waals surface area (Å²) in [5.41, 5.74) is 7.82. The van der Waals surface area contributed by atoms with E-state index in [0.29, 0.717) is 11.9 Å². The van der Waals surface area contributed by atoms with Gasteiger partial charge in [-0.25, -0.2) is 9.97 Å². The summed E-state index contributed by atoms with van der Waals surface area (Å²) >= 11 is 0. The van der Waals surface area contributed by atoms with Crippen molar-refractivity contribution in [1.29, 1.82) is 0 Å². The highest BCUT2D eigenvalue weighted by atomic mass is 15.3. The first-order chi connectivity index (χ1) is 9.52. The Bertz CT molecular complexity index is 581. The summed E-state index contributed by atoms with van der Waals surface area (Å²) in [6.07, 6.45) is 0. The maximum Gasteiger partial charge on any atom is 0.172 e. The van der Waals surface area contributed by atoms with E-state index in [2.05, 4.69) is 42.7 Å². The minimum Gasteiger partial charge on any atom is -0.381 e. The van der Waals surface area contributed by atoms with Gasteiger partial charge in [-0.3, -0.25) is 0 Å². The van der Waals surface area contributed by atoms with E-state index in [4.69, 9.17) is 10.7 Å². The largest absolute Gasteiger partial charge is 0.381 e. The van der Waals surface area contributed by atoms with E-state index < -0.39 is 0 Å². The quantitative estimate of drug-likeness (QED) is 0.903. The zero-order valence-electron chi connectivity index (χ0n) is 12.7. The number of fused-ring (bicyclic) bond motifs is 1. The molecule has 2 aromatic rings. The summed E-state index contributed by atoms with van der Waals surface area (Å²) in [7, 11) is 4.14. The van der Waals surface area contributed by atoms with Crippen LogP contribution in [-0.2, 0) is 0 Å². The molecular formula is C15H23N5. The standard InChI is InChI=1S/C15H23N5/c1-5-20(11(2)10-19(3)4)15-14(16)17-12-8-6-7-9-13(12)18-15/h6-9,11H,5,10H2,1-4H3,(H2,16,17). The number of hydrogen-bond donors (Lipinski definition) is 1. The van der Waals surface area contributed by atoms with E-state index in [0.717, 1.165) is 29.9 Å². The molecule has 20 heavy (non-hydrogen) atoms. The second-order valence-electron chi connectivity index (χ2n) is 5.32. The van der Waals surface area contributed by atoms with Crippen molar-refractivity contribution in [3.05, 3.63) is 24.3 Å². The third-order valence-corrected chi connectivity index (χ3v) is 3.35. The van der Waals surface area contributed by atoms with E-state index in [1.54, 1.807) is 0 Å². The molecule has 0 saturated heterocycles. The van der Waals surface area contributed by atoms with Crippen LogP contribution >= 0.6 is 0 Å². The Hall–Kier alpha value is -1.88. The molecule has 5 heteroatoms. The Balaban J connectivity index is 2.40. The third kappa shape index (κ3) is 2.99. The normalized spacial score (nSPS) is 12.8. The van der Waals surface area contributed by atoms with E-state index >= 15 is 0 Å². The summed E-state index contributed by atoms with van der Waals surface area (Å²) in [5, 5.41) is 0. The summed E-state index contributed by atoms with van der Waals surface area (Å²) in [5.74, 6) is 1.27. The van der Waals surface area contributed by atoms with Gasteiger partial charge in [0.05, 0.1) is 11.0 Å². The Morgan fingerprint density at radius 1 is 1.15 bits per heavy atom. The van der Waals surface area contributed by atoms with Crippen LogP contribution in [0.25, 0.3) is 11.0 Å². The second-order valence-corrected chi connectivity index (χ2v) is 5.32. The Kier molecular flexibility index (Phi) is 4.39. The number of likely N-dealkylation sites (N-methyl/N-ethyl adjacent to an activating group) is 2. The fraction of sp³-hybridized carbons (Fsp3) is 0.467. The summed E-state index contributed by atoms with van der Waals surface area (Å²) in [4.78, 5) is 13.5. The number of rotatable bonds is 5. The van der Waals surface area contributed by atoms with Crippen LogP contribution in [0.2, 0.25) is 0 Å². The zero-order chi connectivity index (χ0) is 14.7. The Morgan fingerprint density at radius 3 is 2.30 bits per heavy atom. The minimum absolute atomic E-state index is 0.327. The first kappa shape index (κ1) is 14.5. The van der Waals surface area contributed by atoms with Gasteiger partial charge in [-0.05, 0) is 40.1 Å².